The highest BCUT2D eigenvalue weighted by atomic mass is 16.7. The fraction of sp³-hybridized carbons (Fsp3) is 0.292. The molecule has 1 atom stereocenters. The number of anilines is 2. The summed E-state index contributed by atoms with van der Waals surface area (Å²) in [6.45, 7) is 3.17. The molecule has 2 aromatic carbocycles. The van der Waals surface area contributed by atoms with Gasteiger partial charge in [-0.2, -0.15) is 5.10 Å². The third-order valence-electron chi connectivity index (χ3n) is 5.90. The van der Waals surface area contributed by atoms with E-state index in [1.807, 2.05) is 6.07 Å². The lowest BCUT2D eigenvalue weighted by molar-refractivity contribution is -0.122. The molecule has 1 fully saturated rings. The zero-order valence-electron chi connectivity index (χ0n) is 17.8. The van der Waals surface area contributed by atoms with E-state index in [1.54, 1.807) is 34.0 Å². The predicted octanol–water partition coefficient (Wildman–Crippen LogP) is 3.21. The topological polar surface area (TPSA) is 85.7 Å². The maximum absolute atomic E-state index is 12.9. The highest BCUT2D eigenvalue weighted by Crippen LogP contribution is 2.37. The van der Waals surface area contributed by atoms with Crippen LogP contribution < -0.4 is 19.7 Å². The van der Waals surface area contributed by atoms with Crippen LogP contribution in [0.1, 0.15) is 24.5 Å². The average molecular weight is 432 g/mol. The summed E-state index contributed by atoms with van der Waals surface area (Å²) in [7, 11) is 0. The molecule has 1 saturated heterocycles. The van der Waals surface area contributed by atoms with Crippen LogP contribution in [0.2, 0.25) is 0 Å². The summed E-state index contributed by atoms with van der Waals surface area (Å²) in [6, 6.07) is 15.5. The first-order valence-electron chi connectivity index (χ1n) is 10.7. The number of rotatable bonds is 6. The maximum Gasteiger partial charge on any atom is 0.231 e. The van der Waals surface area contributed by atoms with E-state index in [2.05, 4.69) is 41.6 Å². The van der Waals surface area contributed by atoms with Gasteiger partial charge in [0.05, 0.1) is 18.7 Å². The lowest BCUT2D eigenvalue weighted by Gasteiger charge is -2.17. The first-order chi connectivity index (χ1) is 15.6. The molecular formula is C24H24N4O4. The quantitative estimate of drug-likeness (QED) is 0.647. The van der Waals surface area contributed by atoms with Crippen molar-refractivity contribution in [3.63, 3.8) is 0 Å². The number of fused-ring (bicyclic) bond motifs is 1. The van der Waals surface area contributed by atoms with Crippen molar-refractivity contribution in [1.82, 2.24) is 9.78 Å². The number of hydrogen-bond donors (Lipinski definition) is 1. The van der Waals surface area contributed by atoms with Gasteiger partial charge in [0.15, 0.2) is 11.5 Å². The molecule has 5 rings (SSSR count). The standard InChI is InChI=1S/C24H24N4O4/c1-2-16-3-5-17(6-4-16)13-28-22(9-10-25-28)26-24(30)18-11-23(29)27(14-18)19-7-8-20-21(12-19)32-15-31-20/h3-10,12,18H,2,11,13-15H2,1H3,(H,26,30). The maximum atomic E-state index is 12.9. The molecule has 2 aliphatic heterocycles. The van der Waals surface area contributed by atoms with Crippen LogP contribution in [0.15, 0.2) is 54.7 Å². The molecule has 2 aliphatic rings. The highest BCUT2D eigenvalue weighted by Gasteiger charge is 2.36. The van der Waals surface area contributed by atoms with Crippen molar-refractivity contribution in [2.24, 2.45) is 5.92 Å². The van der Waals surface area contributed by atoms with E-state index in [0.717, 1.165) is 12.0 Å². The minimum atomic E-state index is -0.444. The van der Waals surface area contributed by atoms with Crippen molar-refractivity contribution >= 4 is 23.3 Å². The van der Waals surface area contributed by atoms with Crippen molar-refractivity contribution in [3.05, 3.63) is 65.9 Å². The second kappa shape index (κ2) is 8.37. The molecule has 3 aromatic rings. The van der Waals surface area contributed by atoms with Crippen molar-refractivity contribution in [1.29, 1.82) is 0 Å². The van der Waals surface area contributed by atoms with Gasteiger partial charge in [-0.3, -0.25) is 9.59 Å². The number of nitrogens with zero attached hydrogens (tertiary/aromatic N) is 3. The summed E-state index contributed by atoms with van der Waals surface area (Å²) in [5, 5.41) is 7.29. The molecule has 32 heavy (non-hydrogen) atoms. The van der Waals surface area contributed by atoms with Crippen molar-refractivity contribution in [2.75, 3.05) is 23.6 Å². The van der Waals surface area contributed by atoms with Crippen LogP contribution in [-0.2, 0) is 22.6 Å². The van der Waals surface area contributed by atoms with Gasteiger partial charge < -0.3 is 19.7 Å². The van der Waals surface area contributed by atoms with Gasteiger partial charge in [0, 0.05) is 30.8 Å². The van der Waals surface area contributed by atoms with Gasteiger partial charge in [-0.25, -0.2) is 4.68 Å². The van der Waals surface area contributed by atoms with Crippen molar-refractivity contribution in [2.45, 2.75) is 26.3 Å². The van der Waals surface area contributed by atoms with E-state index in [1.165, 1.54) is 5.56 Å². The minimum Gasteiger partial charge on any atom is -0.454 e. The molecule has 0 aliphatic carbocycles. The molecule has 0 radical (unpaired) electrons. The molecule has 3 heterocycles. The van der Waals surface area contributed by atoms with Crippen LogP contribution in [0.3, 0.4) is 0 Å². The Morgan fingerprint density at radius 2 is 1.88 bits per heavy atom. The second-order valence-electron chi connectivity index (χ2n) is 7.98. The lowest BCUT2D eigenvalue weighted by Crippen LogP contribution is -2.28. The van der Waals surface area contributed by atoms with E-state index >= 15 is 0 Å². The highest BCUT2D eigenvalue weighted by molar-refractivity contribution is 6.03. The Kier molecular flexibility index (Phi) is 5.26. The first-order valence-corrected chi connectivity index (χ1v) is 10.7. The van der Waals surface area contributed by atoms with Crippen molar-refractivity contribution in [3.8, 4) is 11.5 Å². The molecule has 1 aromatic heterocycles. The number of benzene rings is 2. The van der Waals surface area contributed by atoms with Gasteiger partial charge in [-0.15, -0.1) is 0 Å². The van der Waals surface area contributed by atoms with Gasteiger partial charge >= 0.3 is 0 Å². The fourth-order valence-corrected chi connectivity index (χ4v) is 4.03. The third-order valence-corrected chi connectivity index (χ3v) is 5.90. The van der Waals surface area contributed by atoms with E-state index in [9.17, 15) is 9.59 Å². The first kappa shape index (κ1) is 20.1. The van der Waals surface area contributed by atoms with Gasteiger partial charge in [0.2, 0.25) is 18.6 Å². The van der Waals surface area contributed by atoms with Crippen LogP contribution in [0, 0.1) is 5.92 Å². The summed E-state index contributed by atoms with van der Waals surface area (Å²) >= 11 is 0. The Morgan fingerprint density at radius 3 is 2.69 bits per heavy atom. The molecule has 1 unspecified atom stereocenters. The number of amides is 2. The van der Waals surface area contributed by atoms with E-state index < -0.39 is 5.92 Å². The van der Waals surface area contributed by atoms with Crippen LogP contribution in [0.5, 0.6) is 11.5 Å². The number of aromatic nitrogens is 2. The summed E-state index contributed by atoms with van der Waals surface area (Å²) in [6.07, 6.45) is 2.81. The molecular weight excluding hydrogens is 408 g/mol. The summed E-state index contributed by atoms with van der Waals surface area (Å²) in [5.74, 6) is 1.16. The molecule has 0 spiro atoms. The Bertz CT molecular complexity index is 1160. The number of carbonyl (C=O) groups excluding carboxylic acids is 2. The van der Waals surface area contributed by atoms with Gasteiger partial charge in [-0.05, 0) is 29.7 Å². The Morgan fingerprint density at radius 1 is 1.09 bits per heavy atom. The van der Waals surface area contributed by atoms with Crippen LogP contribution in [-0.4, -0.2) is 34.9 Å². The molecule has 0 bridgehead atoms. The normalized spacial score (nSPS) is 17.1. The number of carbonyl (C=O) groups is 2. The zero-order chi connectivity index (χ0) is 22.1. The largest absolute Gasteiger partial charge is 0.454 e. The van der Waals surface area contributed by atoms with E-state index in [-0.39, 0.29) is 25.0 Å². The molecule has 8 heteroatoms. The SMILES string of the molecule is CCc1ccc(Cn2nccc2NC(=O)C2CC(=O)N(c3ccc4c(c3)OCO4)C2)cc1. The second-order valence-corrected chi connectivity index (χ2v) is 7.98. The van der Waals surface area contributed by atoms with E-state index in [4.69, 9.17) is 9.47 Å². The van der Waals surface area contributed by atoms with Gasteiger partial charge in [-0.1, -0.05) is 31.2 Å². The number of hydrogen-bond acceptors (Lipinski definition) is 5. The Labute approximate surface area is 185 Å². The van der Waals surface area contributed by atoms with Gasteiger partial charge in [0.1, 0.15) is 5.82 Å². The average Bonchev–Trinajstić information content (AvgIpc) is 3.54. The smallest absolute Gasteiger partial charge is 0.231 e. The number of nitrogens with one attached hydrogen (secondary N) is 1. The Balaban J connectivity index is 1.25. The monoisotopic (exact) mass is 432 g/mol. The minimum absolute atomic E-state index is 0.0893. The molecule has 0 saturated carbocycles. The van der Waals surface area contributed by atoms with Crippen LogP contribution in [0.25, 0.3) is 0 Å². The summed E-state index contributed by atoms with van der Waals surface area (Å²) in [5.41, 5.74) is 3.09. The summed E-state index contributed by atoms with van der Waals surface area (Å²) < 4.78 is 12.5. The molecule has 2 amide bonds. The fourth-order valence-electron chi connectivity index (χ4n) is 4.03. The Hall–Kier alpha value is -3.81. The number of ether oxygens (including phenoxy) is 2. The van der Waals surface area contributed by atoms with Crippen LogP contribution >= 0.6 is 0 Å². The molecule has 8 nitrogen and oxygen atoms in total. The molecule has 1 N–H and O–H groups in total. The summed E-state index contributed by atoms with van der Waals surface area (Å²) in [4.78, 5) is 27.2. The van der Waals surface area contributed by atoms with Gasteiger partial charge in [0.25, 0.3) is 0 Å². The predicted molar refractivity (Wildman–Crippen MR) is 119 cm³/mol. The van der Waals surface area contributed by atoms with Crippen LogP contribution in [0.4, 0.5) is 11.5 Å². The molecule has 164 valence electrons. The van der Waals surface area contributed by atoms with E-state index in [0.29, 0.717) is 36.1 Å². The lowest BCUT2D eigenvalue weighted by atomic mass is 10.1. The number of aryl methyl sites for hydroxylation is 1. The van der Waals surface area contributed by atoms with Crippen molar-refractivity contribution < 1.29 is 19.1 Å². The third kappa shape index (κ3) is 3.91. The zero-order valence-corrected chi connectivity index (χ0v) is 17.8.